The average molecular weight is 371 g/mol. The Kier molecular flexibility index (Phi) is 5.52. The molecule has 2 aromatic heterocycles. The Labute approximate surface area is 159 Å². The van der Waals surface area contributed by atoms with E-state index in [1.165, 1.54) is 16.9 Å². The van der Waals surface area contributed by atoms with E-state index in [2.05, 4.69) is 32.9 Å². The lowest BCUT2D eigenvalue weighted by atomic mass is 9.72. The van der Waals surface area contributed by atoms with Crippen molar-refractivity contribution in [3.8, 4) is 6.07 Å². The summed E-state index contributed by atoms with van der Waals surface area (Å²) in [7, 11) is 0. The molecule has 0 saturated heterocycles. The van der Waals surface area contributed by atoms with E-state index in [0.29, 0.717) is 30.8 Å². The summed E-state index contributed by atoms with van der Waals surface area (Å²) in [6, 6.07) is 7.90. The molecule has 0 aromatic carbocycles. The second-order valence-electron chi connectivity index (χ2n) is 8.08. The molecule has 2 aromatic rings. The lowest BCUT2D eigenvalue weighted by Gasteiger charge is -2.33. The molecule has 5 heteroatoms. The molecule has 0 spiro atoms. The van der Waals surface area contributed by atoms with Crippen LogP contribution in [0.15, 0.2) is 28.9 Å². The van der Waals surface area contributed by atoms with Crippen LogP contribution in [-0.4, -0.2) is 17.4 Å². The number of nitrogens with zero attached hydrogens (tertiary/aromatic N) is 2. The summed E-state index contributed by atoms with van der Waals surface area (Å²) in [6.07, 6.45) is 5.24. The third kappa shape index (κ3) is 4.19. The first-order valence-corrected chi connectivity index (χ1v) is 10.0. The summed E-state index contributed by atoms with van der Waals surface area (Å²) >= 11 is 1.63. The Bertz CT molecular complexity index is 793. The zero-order valence-corrected chi connectivity index (χ0v) is 16.6. The SMILES string of the molecule is CC(C)(C)C1CCc2sc(C(=O)N(CCC#N)Cc3ccco3)cc2C1. The summed E-state index contributed by atoms with van der Waals surface area (Å²) in [6.45, 7) is 7.72. The normalized spacial score (nSPS) is 16.8. The molecule has 0 bridgehead atoms. The van der Waals surface area contributed by atoms with E-state index in [-0.39, 0.29) is 5.91 Å². The van der Waals surface area contributed by atoms with Crippen LogP contribution in [0.1, 0.15) is 59.5 Å². The van der Waals surface area contributed by atoms with Crippen molar-refractivity contribution in [3.63, 3.8) is 0 Å². The first kappa shape index (κ1) is 18.7. The third-order valence-electron chi connectivity index (χ3n) is 5.23. The fourth-order valence-electron chi connectivity index (χ4n) is 3.55. The lowest BCUT2D eigenvalue weighted by Crippen LogP contribution is -2.30. The predicted molar refractivity (Wildman–Crippen MR) is 103 cm³/mol. The molecule has 26 heavy (non-hydrogen) atoms. The van der Waals surface area contributed by atoms with Crippen molar-refractivity contribution < 1.29 is 9.21 Å². The van der Waals surface area contributed by atoms with Crippen LogP contribution in [0.5, 0.6) is 0 Å². The molecule has 0 radical (unpaired) electrons. The van der Waals surface area contributed by atoms with Crippen LogP contribution in [-0.2, 0) is 19.4 Å². The van der Waals surface area contributed by atoms with Crippen LogP contribution < -0.4 is 0 Å². The average Bonchev–Trinajstić information content (AvgIpc) is 3.25. The molecule has 2 heterocycles. The molecule has 138 valence electrons. The highest BCUT2D eigenvalue weighted by Crippen LogP contribution is 2.40. The Hall–Kier alpha value is -2.06. The second kappa shape index (κ2) is 7.67. The summed E-state index contributed by atoms with van der Waals surface area (Å²) < 4.78 is 5.39. The summed E-state index contributed by atoms with van der Waals surface area (Å²) in [5, 5.41) is 8.92. The number of carbonyl (C=O) groups is 1. The van der Waals surface area contributed by atoms with Crippen molar-refractivity contribution in [3.05, 3.63) is 45.5 Å². The van der Waals surface area contributed by atoms with E-state index in [0.717, 1.165) is 23.5 Å². The van der Waals surface area contributed by atoms with Gasteiger partial charge in [0.05, 0.1) is 30.2 Å². The molecule has 1 aliphatic carbocycles. The number of aryl methyl sites for hydroxylation is 1. The van der Waals surface area contributed by atoms with Gasteiger partial charge >= 0.3 is 0 Å². The molecule has 1 aliphatic rings. The molecule has 1 unspecified atom stereocenters. The van der Waals surface area contributed by atoms with Crippen LogP contribution in [0.3, 0.4) is 0 Å². The van der Waals surface area contributed by atoms with Gasteiger partial charge in [-0.2, -0.15) is 5.26 Å². The minimum Gasteiger partial charge on any atom is -0.467 e. The predicted octanol–water partition coefficient (Wildman–Crippen LogP) is 5.05. The van der Waals surface area contributed by atoms with Crippen LogP contribution in [0.25, 0.3) is 0 Å². The largest absolute Gasteiger partial charge is 0.467 e. The standard InChI is InChI=1S/C21H26N2O2S/c1-21(2,3)16-7-8-18-15(12-16)13-19(26-18)20(24)23(10-5-9-22)14-17-6-4-11-25-17/h4,6,11,13,16H,5,7-8,10,12,14H2,1-3H3. The Balaban J connectivity index is 1.78. The second-order valence-corrected chi connectivity index (χ2v) is 9.22. The van der Waals surface area contributed by atoms with Crippen molar-refractivity contribution in [2.24, 2.45) is 11.3 Å². The molecule has 1 atom stereocenters. The molecule has 1 amide bonds. The van der Waals surface area contributed by atoms with E-state index < -0.39 is 0 Å². The van der Waals surface area contributed by atoms with Gasteiger partial charge in [0.2, 0.25) is 0 Å². The number of thiophene rings is 1. The minimum absolute atomic E-state index is 0.00311. The van der Waals surface area contributed by atoms with Crippen molar-refractivity contribution in [1.29, 1.82) is 5.26 Å². The van der Waals surface area contributed by atoms with Gasteiger partial charge in [-0.05, 0) is 54.4 Å². The Morgan fingerprint density at radius 3 is 2.92 bits per heavy atom. The van der Waals surface area contributed by atoms with E-state index >= 15 is 0 Å². The fourth-order valence-corrected chi connectivity index (χ4v) is 4.73. The summed E-state index contributed by atoms with van der Waals surface area (Å²) in [5.74, 6) is 1.40. The van der Waals surface area contributed by atoms with Gasteiger partial charge in [-0.25, -0.2) is 0 Å². The molecular formula is C21H26N2O2S. The van der Waals surface area contributed by atoms with Gasteiger partial charge < -0.3 is 9.32 Å². The van der Waals surface area contributed by atoms with Crippen LogP contribution >= 0.6 is 11.3 Å². The zero-order valence-electron chi connectivity index (χ0n) is 15.7. The number of nitriles is 1. The highest BCUT2D eigenvalue weighted by molar-refractivity contribution is 7.14. The monoisotopic (exact) mass is 370 g/mol. The van der Waals surface area contributed by atoms with Gasteiger partial charge in [-0.1, -0.05) is 20.8 Å². The van der Waals surface area contributed by atoms with Gasteiger partial charge in [0, 0.05) is 11.4 Å². The molecule has 0 aliphatic heterocycles. The van der Waals surface area contributed by atoms with Crippen LogP contribution in [0, 0.1) is 22.7 Å². The van der Waals surface area contributed by atoms with E-state index in [1.807, 2.05) is 12.1 Å². The van der Waals surface area contributed by atoms with Crippen molar-refractivity contribution >= 4 is 17.2 Å². The van der Waals surface area contributed by atoms with E-state index in [4.69, 9.17) is 9.68 Å². The maximum atomic E-state index is 13.1. The number of hydrogen-bond acceptors (Lipinski definition) is 4. The zero-order chi connectivity index (χ0) is 18.7. The molecule has 3 rings (SSSR count). The number of carbonyl (C=O) groups excluding carboxylic acids is 1. The highest BCUT2D eigenvalue weighted by Gasteiger charge is 2.31. The molecule has 4 nitrogen and oxygen atoms in total. The van der Waals surface area contributed by atoms with Gasteiger partial charge in [0.15, 0.2) is 0 Å². The Morgan fingerprint density at radius 1 is 1.46 bits per heavy atom. The van der Waals surface area contributed by atoms with Crippen molar-refractivity contribution in [1.82, 2.24) is 4.90 Å². The number of amides is 1. The molecule has 0 fully saturated rings. The van der Waals surface area contributed by atoms with Crippen LogP contribution in [0.4, 0.5) is 0 Å². The number of furan rings is 1. The van der Waals surface area contributed by atoms with E-state index in [1.54, 1.807) is 22.5 Å². The molecule has 0 N–H and O–H groups in total. The first-order valence-electron chi connectivity index (χ1n) is 9.18. The van der Waals surface area contributed by atoms with Gasteiger partial charge in [0.25, 0.3) is 5.91 Å². The summed E-state index contributed by atoms with van der Waals surface area (Å²) in [5.41, 5.74) is 1.63. The molecular weight excluding hydrogens is 344 g/mol. The topological polar surface area (TPSA) is 57.2 Å². The van der Waals surface area contributed by atoms with Crippen molar-refractivity contribution in [2.45, 2.75) is 53.0 Å². The number of rotatable bonds is 5. The first-order chi connectivity index (χ1) is 12.4. The molecule has 0 saturated carbocycles. The van der Waals surface area contributed by atoms with Gasteiger partial charge in [-0.15, -0.1) is 11.3 Å². The Morgan fingerprint density at radius 2 is 2.27 bits per heavy atom. The number of fused-ring (bicyclic) bond motifs is 1. The minimum atomic E-state index is 0.00311. The quantitative estimate of drug-likeness (QED) is 0.740. The van der Waals surface area contributed by atoms with E-state index in [9.17, 15) is 4.79 Å². The number of hydrogen-bond donors (Lipinski definition) is 0. The van der Waals surface area contributed by atoms with Gasteiger partial charge in [-0.3, -0.25) is 4.79 Å². The maximum Gasteiger partial charge on any atom is 0.264 e. The fraction of sp³-hybridized carbons (Fsp3) is 0.524. The maximum absolute atomic E-state index is 13.1. The lowest BCUT2D eigenvalue weighted by molar-refractivity contribution is 0.0740. The van der Waals surface area contributed by atoms with Crippen molar-refractivity contribution in [2.75, 3.05) is 6.54 Å². The third-order valence-corrected chi connectivity index (χ3v) is 6.45. The highest BCUT2D eigenvalue weighted by atomic mass is 32.1. The van der Waals surface area contributed by atoms with Gasteiger partial charge in [0.1, 0.15) is 5.76 Å². The summed E-state index contributed by atoms with van der Waals surface area (Å²) in [4.78, 5) is 16.9. The van der Waals surface area contributed by atoms with Crippen LogP contribution in [0.2, 0.25) is 0 Å². The smallest absolute Gasteiger partial charge is 0.264 e.